The molecule has 1 N–H and O–H groups in total. The van der Waals surface area contributed by atoms with Gasteiger partial charge in [-0.05, 0) is 77.7 Å². The van der Waals surface area contributed by atoms with Crippen molar-refractivity contribution in [3.63, 3.8) is 0 Å². The number of aliphatic hydroxyl groups is 1. The van der Waals surface area contributed by atoms with E-state index < -0.39 is 56.2 Å². The zero-order valence-electron chi connectivity index (χ0n) is 31.7. The first-order valence-corrected chi connectivity index (χ1v) is 20.0. The maximum Gasteiger partial charge on any atom is 0.414 e. The Morgan fingerprint density at radius 2 is 1.76 bits per heavy atom. The molecule has 0 aliphatic carbocycles. The molecule has 1 aromatic carbocycles. The summed E-state index contributed by atoms with van der Waals surface area (Å²) in [6, 6.07) is 3.37. The second-order valence-electron chi connectivity index (χ2n) is 15.8. The molecule has 0 radical (unpaired) electrons. The molecule has 1 aromatic rings. The first kappa shape index (κ1) is 40.7. The maximum atomic E-state index is 13.9. The highest BCUT2D eigenvalue weighted by Gasteiger charge is 2.44. The summed E-state index contributed by atoms with van der Waals surface area (Å²) in [5, 5.41) is 11.0. The molecule has 2 aliphatic rings. The zero-order valence-corrected chi connectivity index (χ0v) is 32.7. The topological polar surface area (TPSA) is 122 Å². The number of carbonyl (C=O) groups is 2. The van der Waals surface area contributed by atoms with Gasteiger partial charge in [-0.3, -0.25) is 4.90 Å². The van der Waals surface area contributed by atoms with E-state index in [0.717, 1.165) is 0 Å². The number of esters is 1. The molecule has 2 aliphatic heterocycles. The van der Waals surface area contributed by atoms with E-state index in [1.165, 1.54) is 12.0 Å². The standard InChI is InChI=1S/C37H59NO10Si/c1-24-17-18-28(39)32-29(46-37(9,10)47-32)16-14-15-26-21-27(22-30(43-23-42-11)31(26)33(40)45-25(24)2)38(34(41)48-35(3,4)5)19-20-44-49(12,13)36(6,7)8/h14-15,17-18,21-22,24-25,28-29,32,39H,16,19-20,23H2,1-13H3/b15-14?,18-17-/t24-,25+,28-,29+,32-/m1/s1. The fourth-order valence-electron chi connectivity index (χ4n) is 5.17. The Bertz CT molecular complexity index is 1360. The number of benzene rings is 1. The van der Waals surface area contributed by atoms with E-state index in [2.05, 4.69) is 33.9 Å². The Morgan fingerprint density at radius 1 is 1.08 bits per heavy atom. The molecular formula is C37H59NO10Si. The molecule has 0 saturated carbocycles. The Morgan fingerprint density at radius 3 is 2.37 bits per heavy atom. The molecule has 2 heterocycles. The van der Waals surface area contributed by atoms with Crippen LogP contribution >= 0.6 is 0 Å². The predicted octanol–water partition coefficient (Wildman–Crippen LogP) is 7.47. The van der Waals surface area contributed by atoms with Crippen LogP contribution in [0.15, 0.2) is 30.4 Å². The third-order valence-corrected chi connectivity index (χ3v) is 13.6. The SMILES string of the molecule is COCOc1cc(N(CCO[Si](C)(C)C(C)(C)C)C(=O)OC(C)(C)C)cc2c1C(=O)O[C@@H](C)[C@H](C)/C=C\[C@@H](O)[C@H]1OC(C)(C)O[C@H]1CC=C2. The van der Waals surface area contributed by atoms with Gasteiger partial charge >= 0.3 is 12.1 Å². The van der Waals surface area contributed by atoms with Crippen molar-refractivity contribution in [2.75, 3.05) is 32.0 Å². The van der Waals surface area contributed by atoms with Crippen molar-refractivity contribution in [3.8, 4) is 5.75 Å². The van der Waals surface area contributed by atoms with Gasteiger partial charge < -0.3 is 38.0 Å². The van der Waals surface area contributed by atoms with Crippen LogP contribution in [0.2, 0.25) is 18.1 Å². The van der Waals surface area contributed by atoms with E-state index in [4.69, 9.17) is 32.8 Å². The van der Waals surface area contributed by atoms with E-state index >= 15 is 0 Å². The second kappa shape index (κ2) is 16.1. The fraction of sp³-hybridized carbons (Fsp3) is 0.676. The second-order valence-corrected chi connectivity index (χ2v) is 20.6. The van der Waals surface area contributed by atoms with Crippen molar-refractivity contribution >= 4 is 32.1 Å². The Balaban J connectivity index is 2.17. The van der Waals surface area contributed by atoms with Crippen LogP contribution in [0, 0.1) is 5.92 Å². The van der Waals surface area contributed by atoms with Crippen molar-refractivity contribution < 1.29 is 47.5 Å². The summed E-state index contributed by atoms with van der Waals surface area (Å²) >= 11 is 0. The minimum atomic E-state index is -2.13. The number of rotatable bonds is 8. The Hall–Kier alpha value is -2.74. The largest absolute Gasteiger partial charge is 0.467 e. The fourth-order valence-corrected chi connectivity index (χ4v) is 6.20. The molecule has 1 fully saturated rings. The number of cyclic esters (lactones) is 1. The molecule has 0 bridgehead atoms. The highest BCUT2D eigenvalue weighted by atomic mass is 28.4. The average molecular weight is 706 g/mol. The third-order valence-electron chi connectivity index (χ3n) is 9.03. The minimum absolute atomic E-state index is 0.0197. The van der Waals surface area contributed by atoms with Gasteiger partial charge in [-0.15, -0.1) is 0 Å². The first-order valence-electron chi connectivity index (χ1n) is 17.1. The van der Waals surface area contributed by atoms with E-state index in [1.54, 1.807) is 31.2 Å². The number of nitrogens with zero attached hydrogens (tertiary/aromatic N) is 1. The van der Waals surface area contributed by atoms with Gasteiger partial charge in [-0.25, -0.2) is 9.59 Å². The van der Waals surface area contributed by atoms with Crippen LogP contribution in [0.4, 0.5) is 10.5 Å². The van der Waals surface area contributed by atoms with E-state index in [0.29, 0.717) is 17.7 Å². The first-order chi connectivity index (χ1) is 22.5. The highest BCUT2D eigenvalue weighted by Crippen LogP contribution is 2.38. The Labute approximate surface area is 294 Å². The van der Waals surface area contributed by atoms with Gasteiger partial charge in [0.2, 0.25) is 0 Å². The molecule has 0 aromatic heterocycles. The van der Waals surface area contributed by atoms with Gasteiger partial charge in [0, 0.05) is 19.1 Å². The molecule has 1 amide bonds. The van der Waals surface area contributed by atoms with Gasteiger partial charge in [0.1, 0.15) is 35.2 Å². The molecule has 1 saturated heterocycles. The van der Waals surface area contributed by atoms with Gasteiger partial charge in [-0.1, -0.05) is 52.0 Å². The number of fused-ring (bicyclic) bond motifs is 2. The van der Waals surface area contributed by atoms with Crippen molar-refractivity contribution in [1.82, 2.24) is 0 Å². The van der Waals surface area contributed by atoms with Crippen LogP contribution in [-0.4, -0.2) is 88.3 Å². The molecule has 5 atom stereocenters. The average Bonchev–Trinajstić information content (AvgIpc) is 3.28. The van der Waals surface area contributed by atoms with E-state index in [9.17, 15) is 14.7 Å². The van der Waals surface area contributed by atoms with Crippen LogP contribution < -0.4 is 9.64 Å². The number of ether oxygens (including phenoxy) is 6. The lowest BCUT2D eigenvalue weighted by Gasteiger charge is -2.37. The molecule has 12 heteroatoms. The van der Waals surface area contributed by atoms with Gasteiger partial charge in [0.25, 0.3) is 0 Å². The lowest BCUT2D eigenvalue weighted by atomic mass is 9.98. The number of methoxy groups -OCH3 is 1. The van der Waals surface area contributed by atoms with Gasteiger partial charge in [0.15, 0.2) is 20.9 Å². The summed E-state index contributed by atoms with van der Waals surface area (Å²) in [5.41, 5.74) is 0.312. The summed E-state index contributed by atoms with van der Waals surface area (Å²) in [5.74, 6) is -1.55. The van der Waals surface area contributed by atoms with Crippen LogP contribution in [0.25, 0.3) is 6.08 Å². The van der Waals surface area contributed by atoms with Crippen molar-refractivity contribution in [1.29, 1.82) is 0 Å². The molecular weight excluding hydrogens is 646 g/mol. The molecule has 11 nitrogen and oxygen atoms in total. The summed E-state index contributed by atoms with van der Waals surface area (Å²) in [6.45, 7) is 23.9. The van der Waals surface area contributed by atoms with E-state index in [1.807, 2.05) is 53.7 Å². The van der Waals surface area contributed by atoms with Crippen molar-refractivity contribution in [3.05, 3.63) is 41.5 Å². The quantitative estimate of drug-likeness (QED) is 0.126. The number of carbonyl (C=O) groups excluding carboxylic acids is 2. The third kappa shape index (κ3) is 11.1. The summed E-state index contributed by atoms with van der Waals surface area (Å²) in [4.78, 5) is 29.2. The van der Waals surface area contributed by atoms with Crippen LogP contribution in [0.1, 0.15) is 91.6 Å². The highest BCUT2D eigenvalue weighted by molar-refractivity contribution is 6.74. The van der Waals surface area contributed by atoms with Crippen molar-refractivity contribution in [2.24, 2.45) is 5.92 Å². The summed E-state index contributed by atoms with van der Waals surface area (Å²) in [6.07, 6.45) is 4.34. The summed E-state index contributed by atoms with van der Waals surface area (Å²) in [7, 11) is -0.645. The Kier molecular flexibility index (Phi) is 13.3. The lowest BCUT2D eigenvalue weighted by molar-refractivity contribution is -0.152. The number of aliphatic hydroxyl groups excluding tert-OH is 1. The van der Waals surface area contributed by atoms with Crippen molar-refractivity contribution in [2.45, 2.75) is 130 Å². The molecule has 276 valence electrons. The van der Waals surface area contributed by atoms with Crippen LogP contribution in [-0.2, 0) is 28.1 Å². The lowest BCUT2D eigenvalue weighted by Crippen LogP contribution is -2.44. The van der Waals surface area contributed by atoms with Gasteiger partial charge in [-0.2, -0.15) is 0 Å². The number of hydrogen-bond acceptors (Lipinski definition) is 10. The van der Waals surface area contributed by atoms with Crippen LogP contribution in [0.5, 0.6) is 5.75 Å². The molecule has 3 rings (SSSR count). The normalized spacial score (nSPS) is 25.4. The monoisotopic (exact) mass is 705 g/mol. The van der Waals surface area contributed by atoms with Crippen LogP contribution in [0.3, 0.4) is 0 Å². The smallest absolute Gasteiger partial charge is 0.414 e. The maximum absolute atomic E-state index is 13.9. The summed E-state index contributed by atoms with van der Waals surface area (Å²) < 4.78 is 41.7. The molecule has 49 heavy (non-hydrogen) atoms. The predicted molar refractivity (Wildman–Crippen MR) is 192 cm³/mol. The number of anilines is 1. The molecule has 0 unspecified atom stereocenters. The number of amides is 1. The van der Waals surface area contributed by atoms with E-state index in [-0.39, 0.29) is 42.2 Å². The zero-order chi connectivity index (χ0) is 36.9. The number of hydrogen-bond donors (Lipinski definition) is 1. The van der Waals surface area contributed by atoms with Gasteiger partial charge in [0.05, 0.1) is 24.9 Å². The molecule has 0 spiro atoms. The minimum Gasteiger partial charge on any atom is -0.467 e.